The Bertz CT molecular complexity index is 424. The summed E-state index contributed by atoms with van der Waals surface area (Å²) in [4.78, 5) is 11.2. The second-order valence-corrected chi connectivity index (χ2v) is 3.55. The molecule has 0 aromatic heterocycles. The highest BCUT2D eigenvalue weighted by Crippen LogP contribution is 2.22. The van der Waals surface area contributed by atoms with Crippen molar-refractivity contribution in [2.75, 3.05) is 13.2 Å². The first kappa shape index (κ1) is 13.0. The van der Waals surface area contributed by atoms with E-state index >= 15 is 0 Å². The Morgan fingerprint density at radius 1 is 1.59 bits per heavy atom. The van der Waals surface area contributed by atoms with E-state index in [1.165, 1.54) is 0 Å². The summed E-state index contributed by atoms with van der Waals surface area (Å²) < 4.78 is 5.36. The summed E-state index contributed by atoms with van der Waals surface area (Å²) in [5, 5.41) is 10.7. The Kier molecular flexibility index (Phi) is 4.98. The van der Waals surface area contributed by atoms with Crippen LogP contribution >= 0.6 is 0 Å². The number of nitrogens with two attached hydrogens (primary N) is 1. The molecule has 1 amide bonds. The second-order valence-electron chi connectivity index (χ2n) is 3.55. The van der Waals surface area contributed by atoms with Crippen molar-refractivity contribution in [1.82, 2.24) is 5.32 Å². The first-order valence-electron chi connectivity index (χ1n) is 5.26. The van der Waals surface area contributed by atoms with Crippen molar-refractivity contribution in [2.24, 2.45) is 5.73 Å². The van der Waals surface area contributed by atoms with Crippen molar-refractivity contribution in [3.63, 3.8) is 0 Å². The van der Waals surface area contributed by atoms with Gasteiger partial charge in [-0.2, -0.15) is 5.26 Å². The van der Waals surface area contributed by atoms with Gasteiger partial charge in [-0.05, 0) is 13.0 Å². The fraction of sp³-hybridized carbons (Fsp3) is 0.333. The van der Waals surface area contributed by atoms with Crippen LogP contribution in [0.3, 0.4) is 0 Å². The van der Waals surface area contributed by atoms with E-state index in [0.29, 0.717) is 5.75 Å². The van der Waals surface area contributed by atoms with E-state index in [1.807, 2.05) is 31.2 Å². The van der Waals surface area contributed by atoms with Gasteiger partial charge in [0.05, 0.1) is 6.07 Å². The Morgan fingerprint density at radius 3 is 2.94 bits per heavy atom. The van der Waals surface area contributed by atoms with Gasteiger partial charge in [0.2, 0.25) is 0 Å². The Hall–Kier alpha value is -2.06. The van der Waals surface area contributed by atoms with E-state index in [2.05, 4.69) is 5.32 Å². The third-order valence-corrected chi connectivity index (χ3v) is 2.13. The van der Waals surface area contributed by atoms with Gasteiger partial charge in [0.1, 0.15) is 12.3 Å². The van der Waals surface area contributed by atoms with Crippen LogP contribution in [-0.2, 0) is 4.79 Å². The number of para-hydroxylation sites is 1. The normalized spacial score (nSPS) is 11.4. The summed E-state index contributed by atoms with van der Waals surface area (Å²) in [5.41, 5.74) is 6.63. The van der Waals surface area contributed by atoms with Gasteiger partial charge in [0, 0.05) is 11.6 Å². The van der Waals surface area contributed by atoms with Crippen molar-refractivity contribution in [3.05, 3.63) is 29.8 Å². The van der Waals surface area contributed by atoms with Crippen molar-refractivity contribution in [3.8, 4) is 11.8 Å². The van der Waals surface area contributed by atoms with Crippen LogP contribution in [0.25, 0.3) is 0 Å². The molecular formula is C12H15N3O2. The number of rotatable bonds is 5. The van der Waals surface area contributed by atoms with Gasteiger partial charge in [-0.3, -0.25) is 4.79 Å². The number of amides is 1. The van der Waals surface area contributed by atoms with Gasteiger partial charge in [-0.15, -0.1) is 0 Å². The lowest BCUT2D eigenvalue weighted by Crippen LogP contribution is -2.29. The molecule has 0 unspecified atom stereocenters. The number of nitriles is 1. The number of carbonyl (C=O) groups excluding carboxylic acids is 1. The molecule has 17 heavy (non-hydrogen) atoms. The summed E-state index contributed by atoms with van der Waals surface area (Å²) in [6, 6.07) is 8.95. The number of nitrogens with zero attached hydrogens (tertiary/aromatic N) is 1. The molecule has 0 fully saturated rings. The van der Waals surface area contributed by atoms with E-state index in [1.54, 1.807) is 6.07 Å². The standard InChI is InChI=1S/C12H15N3O2/c1-9(14)10-4-2-3-5-11(10)17-8-12(16)15-7-6-13/h2-5,9H,7-8,14H2,1H3,(H,15,16)/t9-/m0/s1. The zero-order valence-corrected chi connectivity index (χ0v) is 9.64. The lowest BCUT2D eigenvalue weighted by atomic mass is 10.1. The van der Waals surface area contributed by atoms with Gasteiger partial charge in [0.15, 0.2) is 6.61 Å². The van der Waals surface area contributed by atoms with Crippen LogP contribution in [0.1, 0.15) is 18.5 Å². The first-order valence-corrected chi connectivity index (χ1v) is 5.26. The van der Waals surface area contributed by atoms with E-state index in [0.717, 1.165) is 5.56 Å². The van der Waals surface area contributed by atoms with Crippen LogP contribution in [0.5, 0.6) is 5.75 Å². The van der Waals surface area contributed by atoms with Gasteiger partial charge < -0.3 is 15.8 Å². The molecule has 1 rings (SSSR count). The van der Waals surface area contributed by atoms with Crippen LogP contribution < -0.4 is 15.8 Å². The predicted octanol–water partition coefficient (Wildman–Crippen LogP) is 0.725. The van der Waals surface area contributed by atoms with Gasteiger partial charge in [-0.25, -0.2) is 0 Å². The number of hydrogen-bond donors (Lipinski definition) is 2. The SMILES string of the molecule is C[C@H](N)c1ccccc1OCC(=O)NCC#N. The molecule has 0 heterocycles. The number of ether oxygens (including phenoxy) is 1. The third-order valence-electron chi connectivity index (χ3n) is 2.13. The average Bonchev–Trinajstić information content (AvgIpc) is 2.34. The fourth-order valence-corrected chi connectivity index (χ4v) is 1.32. The topological polar surface area (TPSA) is 88.1 Å². The van der Waals surface area contributed by atoms with Crippen LogP contribution in [0, 0.1) is 11.3 Å². The van der Waals surface area contributed by atoms with E-state index in [9.17, 15) is 4.79 Å². The number of carbonyl (C=O) groups is 1. The minimum Gasteiger partial charge on any atom is -0.483 e. The Balaban J connectivity index is 2.57. The molecule has 0 saturated carbocycles. The summed E-state index contributed by atoms with van der Waals surface area (Å²) in [5.74, 6) is 0.264. The highest BCUT2D eigenvalue weighted by atomic mass is 16.5. The quantitative estimate of drug-likeness (QED) is 0.734. The van der Waals surface area contributed by atoms with Gasteiger partial charge >= 0.3 is 0 Å². The van der Waals surface area contributed by atoms with Crippen molar-refractivity contribution < 1.29 is 9.53 Å². The highest BCUT2D eigenvalue weighted by molar-refractivity contribution is 5.77. The monoisotopic (exact) mass is 233 g/mol. The van der Waals surface area contributed by atoms with E-state index < -0.39 is 0 Å². The Morgan fingerprint density at radius 2 is 2.29 bits per heavy atom. The molecular weight excluding hydrogens is 218 g/mol. The molecule has 5 heteroatoms. The minimum absolute atomic E-state index is 0.0167. The molecule has 0 aliphatic rings. The maximum atomic E-state index is 11.2. The largest absolute Gasteiger partial charge is 0.483 e. The molecule has 1 aromatic carbocycles. The zero-order valence-electron chi connectivity index (χ0n) is 9.64. The molecule has 3 N–H and O–H groups in total. The molecule has 0 aliphatic carbocycles. The maximum Gasteiger partial charge on any atom is 0.258 e. The molecule has 0 aliphatic heterocycles. The molecule has 90 valence electrons. The lowest BCUT2D eigenvalue weighted by molar-refractivity contribution is -0.122. The summed E-state index contributed by atoms with van der Waals surface area (Å²) in [6.07, 6.45) is 0. The van der Waals surface area contributed by atoms with E-state index in [4.69, 9.17) is 15.7 Å². The Labute approximate surface area is 100 Å². The van der Waals surface area contributed by atoms with Crippen LogP contribution in [0.15, 0.2) is 24.3 Å². The van der Waals surface area contributed by atoms with Crippen molar-refractivity contribution in [2.45, 2.75) is 13.0 Å². The highest BCUT2D eigenvalue weighted by Gasteiger charge is 2.08. The summed E-state index contributed by atoms with van der Waals surface area (Å²) in [6.45, 7) is 1.71. The number of nitrogens with one attached hydrogen (secondary N) is 1. The van der Waals surface area contributed by atoms with Gasteiger partial charge in [-0.1, -0.05) is 18.2 Å². The van der Waals surface area contributed by atoms with Crippen LogP contribution in [0.2, 0.25) is 0 Å². The molecule has 0 spiro atoms. The average molecular weight is 233 g/mol. The summed E-state index contributed by atoms with van der Waals surface area (Å²) >= 11 is 0. The van der Waals surface area contributed by atoms with Crippen LogP contribution in [0.4, 0.5) is 0 Å². The minimum atomic E-state index is -0.328. The fourth-order valence-electron chi connectivity index (χ4n) is 1.32. The zero-order chi connectivity index (χ0) is 12.7. The molecule has 0 bridgehead atoms. The summed E-state index contributed by atoms with van der Waals surface area (Å²) in [7, 11) is 0. The van der Waals surface area contributed by atoms with Crippen LogP contribution in [-0.4, -0.2) is 19.1 Å². The number of hydrogen-bond acceptors (Lipinski definition) is 4. The molecule has 5 nitrogen and oxygen atoms in total. The predicted molar refractivity (Wildman–Crippen MR) is 63.2 cm³/mol. The lowest BCUT2D eigenvalue weighted by Gasteiger charge is -2.13. The van der Waals surface area contributed by atoms with Crippen molar-refractivity contribution in [1.29, 1.82) is 5.26 Å². The molecule has 1 aromatic rings. The van der Waals surface area contributed by atoms with Gasteiger partial charge in [0.25, 0.3) is 5.91 Å². The molecule has 0 radical (unpaired) electrons. The van der Waals surface area contributed by atoms with Crippen molar-refractivity contribution >= 4 is 5.91 Å². The maximum absolute atomic E-state index is 11.2. The molecule has 0 saturated heterocycles. The first-order chi connectivity index (χ1) is 8.15. The molecule has 1 atom stereocenters. The number of benzene rings is 1. The second kappa shape index (κ2) is 6.51. The third kappa shape index (κ3) is 4.13. The smallest absolute Gasteiger partial charge is 0.258 e. The van der Waals surface area contributed by atoms with E-state index in [-0.39, 0.29) is 25.1 Å².